The van der Waals surface area contributed by atoms with E-state index >= 15 is 0 Å². The molecule has 0 radical (unpaired) electrons. The molecule has 2 aromatic rings. The van der Waals surface area contributed by atoms with Crippen LogP contribution in [0.5, 0.6) is 0 Å². The molecule has 2 saturated heterocycles. The van der Waals surface area contributed by atoms with Crippen molar-refractivity contribution in [2.75, 3.05) is 70.3 Å². The maximum Gasteiger partial charge on any atom is 0.416 e. The summed E-state index contributed by atoms with van der Waals surface area (Å²) in [7, 11) is 0. The maximum atomic E-state index is 13.0. The topological polar surface area (TPSA) is 30.0 Å². The van der Waals surface area contributed by atoms with Gasteiger partial charge in [0.2, 0.25) is 0 Å². The SMILES string of the molecule is O=C(c1ccc(Cl)cc1)N1CCN(CCN2CCN(c3cccc(C(F)(F)F)c3)CC2)CC1. The largest absolute Gasteiger partial charge is 0.416 e. The Labute approximate surface area is 197 Å². The third kappa shape index (κ3) is 6.19. The summed E-state index contributed by atoms with van der Waals surface area (Å²) >= 11 is 5.90. The van der Waals surface area contributed by atoms with Crippen molar-refractivity contribution >= 4 is 23.2 Å². The van der Waals surface area contributed by atoms with Crippen LogP contribution >= 0.6 is 11.6 Å². The number of hydrogen-bond donors (Lipinski definition) is 0. The lowest BCUT2D eigenvalue weighted by Gasteiger charge is -2.39. The molecule has 0 saturated carbocycles. The lowest BCUT2D eigenvalue weighted by atomic mass is 10.1. The highest BCUT2D eigenvalue weighted by atomic mass is 35.5. The number of anilines is 1. The van der Waals surface area contributed by atoms with Crippen LogP contribution in [0.1, 0.15) is 15.9 Å². The van der Waals surface area contributed by atoms with E-state index in [2.05, 4.69) is 9.80 Å². The average Bonchev–Trinajstić information content (AvgIpc) is 2.83. The predicted octanol–water partition coefficient (Wildman–Crippen LogP) is 3.94. The Morgan fingerprint density at radius 1 is 0.818 bits per heavy atom. The van der Waals surface area contributed by atoms with Crippen LogP contribution < -0.4 is 4.90 Å². The second kappa shape index (κ2) is 10.3. The van der Waals surface area contributed by atoms with Gasteiger partial charge in [-0.25, -0.2) is 0 Å². The number of benzene rings is 2. The molecule has 178 valence electrons. The molecule has 0 bridgehead atoms. The number of nitrogens with zero attached hydrogens (tertiary/aromatic N) is 4. The molecule has 0 N–H and O–H groups in total. The first-order valence-corrected chi connectivity index (χ1v) is 11.6. The Hall–Kier alpha value is -2.29. The van der Waals surface area contributed by atoms with Gasteiger partial charge in [-0.1, -0.05) is 17.7 Å². The standard InChI is InChI=1S/C24H28ClF3N4O/c25-21-6-4-19(5-7-21)23(33)32-16-12-30(13-17-32)9-8-29-10-14-31(15-11-29)22-3-1-2-20(18-22)24(26,27)28/h1-7,18H,8-17H2. The number of carbonyl (C=O) groups is 1. The Morgan fingerprint density at radius 2 is 1.39 bits per heavy atom. The molecule has 0 unspecified atom stereocenters. The second-order valence-corrected chi connectivity index (χ2v) is 8.95. The molecule has 2 aromatic carbocycles. The highest BCUT2D eigenvalue weighted by Gasteiger charge is 2.31. The van der Waals surface area contributed by atoms with Crippen molar-refractivity contribution < 1.29 is 18.0 Å². The number of hydrogen-bond acceptors (Lipinski definition) is 4. The number of carbonyl (C=O) groups excluding carboxylic acids is 1. The molecule has 0 spiro atoms. The molecule has 0 aromatic heterocycles. The predicted molar refractivity (Wildman–Crippen MR) is 124 cm³/mol. The molecule has 0 atom stereocenters. The average molecular weight is 481 g/mol. The summed E-state index contributed by atoms with van der Waals surface area (Å²) in [5, 5.41) is 0.618. The molecule has 2 aliphatic rings. The van der Waals surface area contributed by atoms with Crippen molar-refractivity contribution in [1.82, 2.24) is 14.7 Å². The zero-order valence-electron chi connectivity index (χ0n) is 18.4. The smallest absolute Gasteiger partial charge is 0.369 e. The van der Waals surface area contributed by atoms with Crippen LogP contribution in [-0.2, 0) is 6.18 Å². The first-order valence-electron chi connectivity index (χ1n) is 11.2. The molecular formula is C24H28ClF3N4O. The van der Waals surface area contributed by atoms with Crippen LogP contribution in [-0.4, -0.2) is 86.1 Å². The Balaban J connectivity index is 1.19. The highest BCUT2D eigenvalue weighted by Crippen LogP contribution is 2.31. The first kappa shape index (κ1) is 23.9. The molecule has 9 heteroatoms. The van der Waals surface area contributed by atoms with E-state index in [-0.39, 0.29) is 5.91 Å². The van der Waals surface area contributed by atoms with Gasteiger partial charge in [0.05, 0.1) is 5.56 Å². The Morgan fingerprint density at radius 3 is 1.97 bits per heavy atom. The summed E-state index contributed by atoms with van der Waals surface area (Å²) < 4.78 is 39.0. The molecule has 1 amide bonds. The van der Waals surface area contributed by atoms with Gasteiger partial charge >= 0.3 is 6.18 Å². The summed E-state index contributed by atoms with van der Waals surface area (Å²) in [6, 6.07) is 12.6. The highest BCUT2D eigenvalue weighted by molar-refractivity contribution is 6.30. The Bertz CT molecular complexity index is 937. The van der Waals surface area contributed by atoms with Crippen LogP contribution in [0.25, 0.3) is 0 Å². The van der Waals surface area contributed by atoms with Gasteiger partial charge in [-0.2, -0.15) is 13.2 Å². The zero-order chi connectivity index (χ0) is 23.4. The molecule has 4 rings (SSSR count). The molecule has 33 heavy (non-hydrogen) atoms. The fourth-order valence-corrected chi connectivity index (χ4v) is 4.47. The van der Waals surface area contributed by atoms with E-state index in [4.69, 9.17) is 11.6 Å². The van der Waals surface area contributed by atoms with Crippen molar-refractivity contribution in [1.29, 1.82) is 0 Å². The van der Waals surface area contributed by atoms with Crippen LogP contribution in [0.15, 0.2) is 48.5 Å². The van der Waals surface area contributed by atoms with Crippen molar-refractivity contribution in [2.45, 2.75) is 6.18 Å². The molecule has 2 aliphatic heterocycles. The van der Waals surface area contributed by atoms with Gasteiger partial charge in [-0.05, 0) is 42.5 Å². The molecule has 5 nitrogen and oxygen atoms in total. The van der Waals surface area contributed by atoms with E-state index in [1.54, 1.807) is 30.3 Å². The number of piperazine rings is 2. The number of alkyl halides is 3. The second-order valence-electron chi connectivity index (χ2n) is 8.52. The third-order valence-corrected chi connectivity index (χ3v) is 6.65. The van der Waals surface area contributed by atoms with Crippen LogP contribution in [0.3, 0.4) is 0 Å². The summed E-state index contributed by atoms with van der Waals surface area (Å²) in [6.07, 6.45) is -4.32. The van der Waals surface area contributed by atoms with Gasteiger partial charge in [0.15, 0.2) is 0 Å². The van der Waals surface area contributed by atoms with Crippen molar-refractivity contribution in [3.05, 3.63) is 64.7 Å². The van der Waals surface area contributed by atoms with Crippen molar-refractivity contribution in [3.8, 4) is 0 Å². The molecular weight excluding hydrogens is 453 g/mol. The van der Waals surface area contributed by atoms with Crippen molar-refractivity contribution in [3.63, 3.8) is 0 Å². The van der Waals surface area contributed by atoms with Crippen LogP contribution in [0.2, 0.25) is 5.02 Å². The van der Waals surface area contributed by atoms with Crippen LogP contribution in [0.4, 0.5) is 18.9 Å². The van der Waals surface area contributed by atoms with E-state index in [0.29, 0.717) is 42.5 Å². The summed E-state index contributed by atoms with van der Waals surface area (Å²) in [4.78, 5) is 21.3. The molecule has 2 heterocycles. The maximum absolute atomic E-state index is 13.0. The summed E-state index contributed by atoms with van der Waals surface area (Å²) in [5.41, 5.74) is 0.688. The van der Waals surface area contributed by atoms with Crippen molar-refractivity contribution in [2.24, 2.45) is 0 Å². The first-order chi connectivity index (χ1) is 15.8. The number of halogens is 4. The van der Waals surface area contributed by atoms with Gasteiger partial charge in [0, 0.05) is 81.7 Å². The number of rotatable bonds is 5. The van der Waals surface area contributed by atoms with Gasteiger partial charge in [0.25, 0.3) is 5.91 Å². The summed E-state index contributed by atoms with van der Waals surface area (Å²) in [6.45, 7) is 7.99. The minimum absolute atomic E-state index is 0.0389. The lowest BCUT2D eigenvalue weighted by Crippen LogP contribution is -2.52. The van der Waals surface area contributed by atoms with Crippen LogP contribution in [0, 0.1) is 0 Å². The van der Waals surface area contributed by atoms with E-state index in [1.165, 1.54) is 12.1 Å². The minimum Gasteiger partial charge on any atom is -0.369 e. The molecule has 2 fully saturated rings. The van der Waals surface area contributed by atoms with Gasteiger partial charge in [-0.3, -0.25) is 14.6 Å². The fourth-order valence-electron chi connectivity index (χ4n) is 4.34. The quantitative estimate of drug-likeness (QED) is 0.648. The van der Waals surface area contributed by atoms with E-state index in [9.17, 15) is 18.0 Å². The number of amides is 1. The summed E-state index contributed by atoms with van der Waals surface area (Å²) in [5.74, 6) is 0.0389. The zero-order valence-corrected chi connectivity index (χ0v) is 19.2. The van der Waals surface area contributed by atoms with E-state index in [0.717, 1.165) is 45.3 Å². The third-order valence-electron chi connectivity index (χ3n) is 6.39. The van der Waals surface area contributed by atoms with E-state index in [1.807, 2.05) is 9.80 Å². The van der Waals surface area contributed by atoms with Gasteiger partial charge in [0.1, 0.15) is 0 Å². The normalized spacial score (nSPS) is 18.5. The minimum atomic E-state index is -4.32. The van der Waals surface area contributed by atoms with Gasteiger partial charge in [-0.15, -0.1) is 0 Å². The van der Waals surface area contributed by atoms with E-state index < -0.39 is 11.7 Å². The fraction of sp³-hybridized carbons (Fsp3) is 0.458. The monoisotopic (exact) mass is 480 g/mol. The van der Waals surface area contributed by atoms with Gasteiger partial charge < -0.3 is 9.80 Å². The molecule has 0 aliphatic carbocycles. The lowest BCUT2D eigenvalue weighted by molar-refractivity contribution is -0.137. The Kier molecular flexibility index (Phi) is 7.46.